The van der Waals surface area contributed by atoms with Crippen LogP contribution in [0.5, 0.6) is 0 Å². The Morgan fingerprint density at radius 2 is 0.711 bits per heavy atom. The predicted molar refractivity (Wildman–Crippen MR) is 148 cm³/mol. The average Bonchev–Trinajstić information content (AvgIpc) is 3.20. The number of benzene rings is 2. The van der Waals surface area contributed by atoms with Gasteiger partial charge in [0.15, 0.2) is 6.68 Å². The van der Waals surface area contributed by atoms with E-state index in [0.717, 1.165) is 11.4 Å². The molecule has 0 unspecified atom stereocenters. The Morgan fingerprint density at radius 3 is 0.895 bits per heavy atom. The second kappa shape index (κ2) is 12.1. The first kappa shape index (κ1) is 34.1. The van der Waals surface area contributed by atoms with Crippen LogP contribution in [-0.4, -0.2) is 15.2 Å². The molecule has 0 amide bonds. The zero-order valence-electron chi connectivity index (χ0n) is 24.9. The van der Waals surface area contributed by atoms with Gasteiger partial charge in [-0.25, -0.2) is 0 Å². The Morgan fingerprint density at radius 1 is 0.500 bits per heavy atom. The zero-order valence-corrected chi connectivity index (χ0v) is 26.4. The summed E-state index contributed by atoms with van der Waals surface area (Å²) in [6, 6.07) is 17.6. The predicted octanol–water partition coefficient (Wildman–Crippen LogP) is 9.86. The van der Waals surface area contributed by atoms with Crippen LogP contribution in [0.3, 0.4) is 0 Å². The molecule has 0 atom stereocenters. The van der Waals surface area contributed by atoms with Gasteiger partial charge in [0.2, 0.25) is 11.4 Å². The van der Waals surface area contributed by atoms with Crippen LogP contribution in [0, 0.1) is 6.68 Å². The summed E-state index contributed by atoms with van der Waals surface area (Å²) >= 11 is 0. The van der Waals surface area contributed by atoms with Crippen molar-refractivity contribution in [2.45, 2.75) is 105 Å². The first-order chi connectivity index (χ1) is 16.6. The van der Waals surface area contributed by atoms with Crippen LogP contribution in [0.4, 0.5) is 24.5 Å². The molecule has 0 spiro atoms. The van der Waals surface area contributed by atoms with Gasteiger partial charge in [-0.05, 0) is 43.9 Å². The van der Waals surface area contributed by atoms with Crippen molar-refractivity contribution in [3.8, 4) is 0 Å². The van der Waals surface area contributed by atoms with Crippen LogP contribution < -0.4 is 0 Å². The van der Waals surface area contributed by atoms with Crippen molar-refractivity contribution in [2.24, 2.45) is 0 Å². The van der Waals surface area contributed by atoms with Crippen LogP contribution in [0.2, 0.25) is 0 Å². The van der Waals surface area contributed by atoms with E-state index < -0.39 is 6.68 Å². The zero-order chi connectivity index (χ0) is 28.6. The molecule has 6 heteroatoms. The second-order valence-corrected chi connectivity index (χ2v) is 13.9. The molecule has 0 fully saturated rings. The number of hydrogen-bond donors (Lipinski definition) is 0. The van der Waals surface area contributed by atoms with E-state index in [1.165, 1.54) is 22.3 Å². The quantitative estimate of drug-likeness (QED) is 0.179. The summed E-state index contributed by atoms with van der Waals surface area (Å²) in [6.07, 6.45) is 4.24. The molecule has 2 aromatic carbocycles. The molecule has 0 saturated heterocycles. The minimum Gasteiger partial charge on any atom is -0.385 e. The van der Waals surface area contributed by atoms with Crippen molar-refractivity contribution in [2.75, 3.05) is 0 Å². The Kier molecular flexibility index (Phi) is 10.9. The van der Waals surface area contributed by atoms with Gasteiger partial charge in [-0.15, -0.1) is 0 Å². The third-order valence-electron chi connectivity index (χ3n) is 6.44. The van der Waals surface area contributed by atoms with E-state index in [2.05, 4.69) is 147 Å². The first-order valence-corrected chi connectivity index (χ1v) is 12.8. The molecule has 0 radical (unpaired) electrons. The maximum atomic E-state index is 9.58. The van der Waals surface area contributed by atoms with Crippen molar-refractivity contribution in [1.82, 2.24) is 0 Å². The third kappa shape index (κ3) is 9.38. The van der Waals surface area contributed by atoms with Crippen LogP contribution in [0.25, 0.3) is 0 Å². The van der Waals surface area contributed by atoms with Gasteiger partial charge in [-0.3, -0.25) is 0 Å². The molecule has 0 bridgehead atoms. The molecule has 0 aromatic heterocycles. The molecule has 0 N–H and O–H groups in total. The van der Waals surface area contributed by atoms with Gasteiger partial charge >= 0.3 is 28.4 Å². The molecule has 212 valence electrons. The Balaban J connectivity index is 0.00000135. The normalized spacial score (nSPS) is 14.0. The SMILES string of the molecule is CC(C)(C)c1cc([N+]2=C=[N+](c3cc(C(C)(C)C)cc(C(C)(C)C)c3)C=C2)cc(C(C)(C)C)c1.F[C-](F)F.[Ag+]. The largest absolute Gasteiger partial charge is 1.00 e. The summed E-state index contributed by atoms with van der Waals surface area (Å²) in [5.74, 6) is 0. The van der Waals surface area contributed by atoms with Gasteiger partial charge in [0.05, 0.1) is 0 Å². The van der Waals surface area contributed by atoms with Gasteiger partial charge in [0.1, 0.15) is 0 Å². The fourth-order valence-corrected chi connectivity index (χ4v) is 3.84. The summed E-state index contributed by atoms with van der Waals surface area (Å²) in [5, 5.41) is 0. The molecule has 0 aliphatic carbocycles. The summed E-state index contributed by atoms with van der Waals surface area (Å²) in [6.45, 7) is 24.3. The van der Waals surface area contributed by atoms with E-state index in [1.54, 1.807) is 0 Å². The minimum atomic E-state index is -3.08. The summed E-state index contributed by atoms with van der Waals surface area (Å²) in [7, 11) is 0. The maximum Gasteiger partial charge on any atom is 1.00 e. The monoisotopic (exact) mass is 620 g/mol. The topological polar surface area (TPSA) is 6.02 Å². The van der Waals surface area contributed by atoms with Gasteiger partial charge in [0.25, 0.3) is 12.4 Å². The summed E-state index contributed by atoms with van der Waals surface area (Å²) < 4.78 is 33.0. The van der Waals surface area contributed by atoms with Gasteiger partial charge in [0, 0.05) is 24.3 Å². The summed E-state index contributed by atoms with van der Waals surface area (Å²) in [4.78, 5) is 0. The molecular weight excluding hydrogens is 577 g/mol. The number of nitrogens with zero attached hydrogens (tertiary/aromatic N) is 2. The molecule has 1 heterocycles. The standard InChI is InChI=1S/C31H44N2.CF3.Ag/c1-28(2,3)22-15-23(29(4,5)6)18-26(17-22)32-13-14-33(21-32)27-19-24(30(7,8)9)16-25(20-27)31(10,11)12;2-1(3)4;/h13-20H,1-12H3;;/q+2;-1;+1. The summed E-state index contributed by atoms with van der Waals surface area (Å²) in [5.41, 5.74) is 8.06. The fraction of sp³-hybridized carbons (Fsp3) is 0.500. The number of rotatable bonds is 2. The Bertz CT molecular complexity index is 1070. The van der Waals surface area contributed by atoms with Crippen molar-refractivity contribution in [1.29, 1.82) is 0 Å². The van der Waals surface area contributed by atoms with Crippen LogP contribution in [0.1, 0.15) is 105 Å². The van der Waals surface area contributed by atoms with E-state index in [1.807, 2.05) is 0 Å². The molecule has 3 rings (SSSR count). The fourth-order valence-electron chi connectivity index (χ4n) is 3.84. The smallest absolute Gasteiger partial charge is 0.385 e. The van der Waals surface area contributed by atoms with E-state index in [9.17, 15) is 13.2 Å². The number of hydrogen-bond acceptors (Lipinski definition) is 0. The molecule has 2 nitrogen and oxygen atoms in total. The van der Waals surface area contributed by atoms with Gasteiger partial charge in [-0.2, -0.15) is 0 Å². The number of halogens is 3. The first-order valence-electron chi connectivity index (χ1n) is 12.8. The molecule has 1 aliphatic rings. The molecule has 0 saturated carbocycles. The average molecular weight is 622 g/mol. The van der Waals surface area contributed by atoms with Crippen molar-refractivity contribution >= 4 is 17.4 Å². The van der Waals surface area contributed by atoms with Crippen LogP contribution >= 0.6 is 0 Å². The molecule has 1 aliphatic heterocycles. The third-order valence-corrected chi connectivity index (χ3v) is 6.44. The van der Waals surface area contributed by atoms with Crippen LogP contribution in [-0.2, 0) is 44.0 Å². The van der Waals surface area contributed by atoms with Gasteiger partial charge in [-0.1, -0.05) is 104 Å². The Hall–Kier alpha value is -1.91. The van der Waals surface area contributed by atoms with E-state index in [0.29, 0.717) is 0 Å². The maximum absolute atomic E-state index is 9.58. The van der Waals surface area contributed by atoms with E-state index >= 15 is 0 Å². The van der Waals surface area contributed by atoms with E-state index in [-0.39, 0.29) is 44.0 Å². The molecular formula is C32H44AgF3N2+2. The minimum absolute atomic E-state index is 0. The van der Waals surface area contributed by atoms with Crippen molar-refractivity contribution in [3.63, 3.8) is 0 Å². The van der Waals surface area contributed by atoms with E-state index in [4.69, 9.17) is 0 Å². The van der Waals surface area contributed by atoms with Crippen molar-refractivity contribution < 1.29 is 44.7 Å². The van der Waals surface area contributed by atoms with Crippen LogP contribution in [0.15, 0.2) is 48.8 Å². The van der Waals surface area contributed by atoms with Gasteiger partial charge < -0.3 is 13.2 Å². The molecule has 2 aromatic rings. The molecule has 38 heavy (non-hydrogen) atoms. The Labute approximate surface area is 243 Å². The van der Waals surface area contributed by atoms with Crippen molar-refractivity contribution in [3.05, 3.63) is 77.7 Å². The second-order valence-electron chi connectivity index (χ2n) is 13.9.